The first-order valence-corrected chi connectivity index (χ1v) is 5.95. The number of nitrogens with zero attached hydrogens (tertiary/aromatic N) is 1. The molecule has 1 amide bonds. The van der Waals surface area contributed by atoms with E-state index in [9.17, 15) is 4.79 Å². The summed E-state index contributed by atoms with van der Waals surface area (Å²) < 4.78 is 10.6. The van der Waals surface area contributed by atoms with Gasteiger partial charge in [-0.1, -0.05) is 0 Å². The van der Waals surface area contributed by atoms with Gasteiger partial charge < -0.3 is 20.1 Å². The number of rotatable bonds is 7. The van der Waals surface area contributed by atoms with E-state index in [4.69, 9.17) is 15.2 Å². The fraction of sp³-hybridized carbons (Fsp3) is 0.909. The van der Waals surface area contributed by atoms with Gasteiger partial charge in [-0.3, -0.25) is 4.79 Å². The number of ether oxygens (including phenoxy) is 2. The largest absolute Gasteiger partial charge is 0.376 e. The number of carbonyl (C=O) groups excluding carboxylic acids is 1. The van der Waals surface area contributed by atoms with Gasteiger partial charge in [0.25, 0.3) is 0 Å². The summed E-state index contributed by atoms with van der Waals surface area (Å²) in [7, 11) is 0. The minimum Gasteiger partial charge on any atom is -0.376 e. The third-order valence-electron chi connectivity index (χ3n) is 2.67. The van der Waals surface area contributed by atoms with Crippen LogP contribution >= 0.6 is 0 Å². The Bertz CT molecular complexity index is 205. The van der Waals surface area contributed by atoms with Crippen molar-refractivity contribution >= 4 is 5.91 Å². The molecule has 1 aliphatic rings. The molecule has 5 heteroatoms. The minimum absolute atomic E-state index is 0.0199. The number of amides is 1. The fourth-order valence-corrected chi connectivity index (χ4v) is 1.78. The maximum atomic E-state index is 11.7. The molecule has 2 N–H and O–H groups in total. The van der Waals surface area contributed by atoms with Crippen LogP contribution in [0.5, 0.6) is 0 Å². The van der Waals surface area contributed by atoms with Crippen LogP contribution in [0.2, 0.25) is 0 Å². The van der Waals surface area contributed by atoms with E-state index < -0.39 is 0 Å². The number of nitrogens with two attached hydrogens (primary N) is 1. The van der Waals surface area contributed by atoms with E-state index in [2.05, 4.69) is 0 Å². The van der Waals surface area contributed by atoms with Crippen molar-refractivity contribution in [3.63, 3.8) is 0 Å². The normalized spacial score (nSPS) is 20.0. The summed E-state index contributed by atoms with van der Waals surface area (Å²) in [6.07, 6.45) is 2.35. The van der Waals surface area contributed by atoms with Crippen LogP contribution in [0.15, 0.2) is 0 Å². The van der Waals surface area contributed by atoms with Crippen molar-refractivity contribution in [2.75, 3.05) is 39.5 Å². The number of likely N-dealkylation sites (N-methyl/N-ethyl adjacent to an activating group) is 1. The molecular weight excluding hydrogens is 208 g/mol. The highest BCUT2D eigenvalue weighted by atomic mass is 16.5. The molecule has 94 valence electrons. The van der Waals surface area contributed by atoms with Gasteiger partial charge in [-0.05, 0) is 19.8 Å². The summed E-state index contributed by atoms with van der Waals surface area (Å²) in [6.45, 7) is 5.17. The second-order valence-electron chi connectivity index (χ2n) is 3.91. The van der Waals surface area contributed by atoms with E-state index in [1.54, 1.807) is 4.90 Å². The summed E-state index contributed by atoms with van der Waals surface area (Å²) >= 11 is 0. The summed E-state index contributed by atoms with van der Waals surface area (Å²) in [4.78, 5) is 13.5. The molecule has 0 spiro atoms. The molecule has 1 heterocycles. The molecule has 1 fully saturated rings. The molecule has 0 aromatic carbocycles. The Morgan fingerprint density at radius 3 is 3.00 bits per heavy atom. The molecule has 1 rings (SSSR count). The van der Waals surface area contributed by atoms with Gasteiger partial charge in [-0.15, -0.1) is 0 Å². The molecule has 1 atom stereocenters. The quantitative estimate of drug-likeness (QED) is 0.625. The van der Waals surface area contributed by atoms with Crippen LogP contribution in [0.1, 0.15) is 19.8 Å². The van der Waals surface area contributed by atoms with E-state index in [0.29, 0.717) is 26.2 Å². The summed E-state index contributed by atoms with van der Waals surface area (Å²) in [5, 5.41) is 0. The Labute approximate surface area is 96.9 Å². The van der Waals surface area contributed by atoms with E-state index in [-0.39, 0.29) is 18.6 Å². The van der Waals surface area contributed by atoms with Gasteiger partial charge in [0.1, 0.15) is 6.61 Å². The van der Waals surface area contributed by atoms with Crippen LogP contribution in [0, 0.1) is 0 Å². The van der Waals surface area contributed by atoms with Crippen molar-refractivity contribution in [2.24, 2.45) is 5.73 Å². The van der Waals surface area contributed by atoms with Gasteiger partial charge >= 0.3 is 0 Å². The lowest BCUT2D eigenvalue weighted by Crippen LogP contribution is -2.39. The molecule has 0 aromatic heterocycles. The Morgan fingerprint density at radius 1 is 1.62 bits per heavy atom. The Balaban J connectivity index is 2.25. The fourth-order valence-electron chi connectivity index (χ4n) is 1.78. The zero-order chi connectivity index (χ0) is 11.8. The van der Waals surface area contributed by atoms with Crippen LogP contribution in [0.3, 0.4) is 0 Å². The molecule has 5 nitrogen and oxygen atoms in total. The molecule has 0 radical (unpaired) electrons. The van der Waals surface area contributed by atoms with E-state index >= 15 is 0 Å². The first-order valence-electron chi connectivity index (χ1n) is 5.95. The molecule has 1 aliphatic heterocycles. The molecule has 0 aliphatic carbocycles. The molecule has 16 heavy (non-hydrogen) atoms. The molecule has 0 aromatic rings. The zero-order valence-electron chi connectivity index (χ0n) is 9.98. The topological polar surface area (TPSA) is 64.8 Å². The maximum Gasteiger partial charge on any atom is 0.248 e. The van der Waals surface area contributed by atoms with Gasteiger partial charge in [0, 0.05) is 26.2 Å². The van der Waals surface area contributed by atoms with Gasteiger partial charge in [0.15, 0.2) is 0 Å². The Morgan fingerprint density at radius 2 is 2.44 bits per heavy atom. The van der Waals surface area contributed by atoms with Crippen molar-refractivity contribution in [3.8, 4) is 0 Å². The van der Waals surface area contributed by atoms with Crippen molar-refractivity contribution in [3.05, 3.63) is 0 Å². The van der Waals surface area contributed by atoms with E-state index in [1.165, 1.54) is 0 Å². The highest BCUT2D eigenvalue weighted by Gasteiger charge is 2.21. The molecule has 1 unspecified atom stereocenters. The van der Waals surface area contributed by atoms with Gasteiger partial charge in [-0.2, -0.15) is 0 Å². The van der Waals surface area contributed by atoms with E-state index in [1.807, 2.05) is 6.92 Å². The van der Waals surface area contributed by atoms with Crippen LogP contribution in [-0.2, 0) is 14.3 Å². The number of hydrogen-bond acceptors (Lipinski definition) is 4. The first-order chi connectivity index (χ1) is 7.77. The monoisotopic (exact) mass is 230 g/mol. The lowest BCUT2D eigenvalue weighted by atomic mass is 10.2. The maximum absolute atomic E-state index is 11.7. The van der Waals surface area contributed by atoms with Crippen molar-refractivity contribution in [1.82, 2.24) is 4.90 Å². The zero-order valence-corrected chi connectivity index (χ0v) is 9.98. The Kier molecular flexibility index (Phi) is 6.37. The molecule has 0 bridgehead atoms. The first kappa shape index (κ1) is 13.4. The Hall–Kier alpha value is -0.650. The average Bonchev–Trinajstić information content (AvgIpc) is 2.78. The summed E-state index contributed by atoms with van der Waals surface area (Å²) in [5.41, 5.74) is 5.29. The smallest absolute Gasteiger partial charge is 0.248 e. The van der Waals surface area contributed by atoms with Gasteiger partial charge in [-0.25, -0.2) is 0 Å². The van der Waals surface area contributed by atoms with Crippen LogP contribution < -0.4 is 5.73 Å². The summed E-state index contributed by atoms with van der Waals surface area (Å²) in [5.74, 6) is 0.0199. The van der Waals surface area contributed by atoms with Gasteiger partial charge in [0.2, 0.25) is 5.91 Å². The van der Waals surface area contributed by atoms with Crippen molar-refractivity contribution in [2.45, 2.75) is 25.9 Å². The van der Waals surface area contributed by atoms with Crippen molar-refractivity contribution in [1.29, 1.82) is 0 Å². The SMILES string of the molecule is CCN(CC1CCCO1)C(=O)COCCN. The third-order valence-corrected chi connectivity index (χ3v) is 2.67. The number of carbonyl (C=O) groups is 1. The van der Waals surface area contributed by atoms with Crippen LogP contribution in [0.25, 0.3) is 0 Å². The average molecular weight is 230 g/mol. The lowest BCUT2D eigenvalue weighted by Gasteiger charge is -2.23. The summed E-state index contributed by atoms with van der Waals surface area (Å²) in [6, 6.07) is 0. The minimum atomic E-state index is 0.0199. The number of hydrogen-bond donors (Lipinski definition) is 1. The predicted octanol–water partition coefficient (Wildman–Crippen LogP) is -0.0108. The standard InChI is InChI=1S/C11H22N2O3/c1-2-13(8-10-4-3-6-16-10)11(14)9-15-7-5-12/h10H,2-9,12H2,1H3. The highest BCUT2D eigenvalue weighted by molar-refractivity contribution is 5.77. The van der Waals surface area contributed by atoms with Crippen molar-refractivity contribution < 1.29 is 14.3 Å². The van der Waals surface area contributed by atoms with Crippen LogP contribution in [-0.4, -0.2) is 56.4 Å². The molecule has 1 saturated heterocycles. The lowest BCUT2D eigenvalue weighted by molar-refractivity contribution is -0.137. The van der Waals surface area contributed by atoms with Gasteiger partial charge in [0.05, 0.1) is 12.7 Å². The molecule has 0 saturated carbocycles. The molecular formula is C11H22N2O3. The second kappa shape index (κ2) is 7.60. The highest BCUT2D eigenvalue weighted by Crippen LogP contribution is 2.13. The van der Waals surface area contributed by atoms with Crippen LogP contribution in [0.4, 0.5) is 0 Å². The third kappa shape index (κ3) is 4.47. The second-order valence-corrected chi connectivity index (χ2v) is 3.91. The predicted molar refractivity (Wildman–Crippen MR) is 61.1 cm³/mol. The van der Waals surface area contributed by atoms with E-state index in [0.717, 1.165) is 19.4 Å².